The number of aromatic hydroxyl groups is 1. The summed E-state index contributed by atoms with van der Waals surface area (Å²) in [5, 5.41) is 19.0. The van der Waals surface area contributed by atoms with Gasteiger partial charge in [0, 0.05) is 18.2 Å². The fraction of sp³-hybridized carbons (Fsp3) is 0.538. The van der Waals surface area contributed by atoms with Gasteiger partial charge in [-0.25, -0.2) is 0 Å². The van der Waals surface area contributed by atoms with Crippen LogP contribution in [0.2, 0.25) is 0 Å². The number of rotatable bonds is 4. The first-order valence-electron chi connectivity index (χ1n) is 5.67. The maximum atomic E-state index is 10.1. The van der Waals surface area contributed by atoms with Gasteiger partial charge in [0.2, 0.25) is 0 Å². The van der Waals surface area contributed by atoms with Crippen LogP contribution in [0, 0.1) is 6.92 Å². The van der Waals surface area contributed by atoms with E-state index in [-0.39, 0.29) is 18.4 Å². The summed E-state index contributed by atoms with van der Waals surface area (Å²) in [5.41, 5.74) is 8.66. The fourth-order valence-electron chi connectivity index (χ4n) is 1.91. The number of hydrogen-bond acceptors (Lipinski definition) is 3. The van der Waals surface area contributed by atoms with E-state index in [9.17, 15) is 5.11 Å². The second-order valence-electron chi connectivity index (χ2n) is 4.51. The molecule has 3 heteroatoms. The lowest BCUT2D eigenvalue weighted by molar-refractivity contribution is 0.275. The Hall–Kier alpha value is -1.06. The molecule has 0 aliphatic heterocycles. The second kappa shape index (κ2) is 5.32. The first-order valence-corrected chi connectivity index (χ1v) is 5.67. The normalized spacial score (nSPS) is 13.1. The van der Waals surface area contributed by atoms with Gasteiger partial charge in [0.05, 0.1) is 0 Å². The molecule has 1 rings (SSSR count). The van der Waals surface area contributed by atoms with Crippen molar-refractivity contribution in [3.8, 4) is 5.75 Å². The summed E-state index contributed by atoms with van der Waals surface area (Å²) in [6.45, 7) is 6.03. The lowest BCUT2D eigenvalue weighted by Gasteiger charge is -2.20. The average Bonchev–Trinajstić information content (AvgIpc) is 2.21. The number of aryl methyl sites for hydroxylation is 1. The number of phenolic OH excluding ortho intramolecular Hbond substituents is 1. The maximum absolute atomic E-state index is 10.1. The number of aliphatic hydroxyl groups is 1. The molecule has 3 nitrogen and oxygen atoms in total. The zero-order chi connectivity index (χ0) is 12.3. The molecule has 1 atom stereocenters. The molecule has 1 aromatic carbocycles. The maximum Gasteiger partial charge on any atom is 0.123 e. The Morgan fingerprint density at radius 1 is 1.31 bits per heavy atom. The molecular formula is C13H21NO2. The topological polar surface area (TPSA) is 66.5 Å². The highest BCUT2D eigenvalue weighted by molar-refractivity contribution is 5.47. The third kappa shape index (κ3) is 2.54. The summed E-state index contributed by atoms with van der Waals surface area (Å²) >= 11 is 0. The van der Waals surface area contributed by atoms with Gasteiger partial charge in [-0.2, -0.15) is 0 Å². The van der Waals surface area contributed by atoms with Gasteiger partial charge in [0.15, 0.2) is 0 Å². The van der Waals surface area contributed by atoms with Crippen molar-refractivity contribution in [1.82, 2.24) is 0 Å². The predicted molar refractivity (Wildman–Crippen MR) is 65.6 cm³/mol. The van der Waals surface area contributed by atoms with Crippen LogP contribution < -0.4 is 5.73 Å². The standard InChI is InChI=1S/C13H21NO2/c1-8(2)10-5-4-9(3)13(16)12(10)11(14)6-7-15/h4-5,8,11,15-16H,6-7,14H2,1-3H3. The van der Waals surface area contributed by atoms with E-state index in [2.05, 4.69) is 13.8 Å². The summed E-state index contributed by atoms with van der Waals surface area (Å²) in [7, 11) is 0. The van der Waals surface area contributed by atoms with E-state index in [1.54, 1.807) is 0 Å². The lowest BCUT2D eigenvalue weighted by atomic mass is 9.89. The first-order chi connectivity index (χ1) is 7.49. The molecule has 90 valence electrons. The molecule has 0 aliphatic rings. The van der Waals surface area contributed by atoms with E-state index in [0.29, 0.717) is 12.3 Å². The first kappa shape index (κ1) is 13.0. The van der Waals surface area contributed by atoms with E-state index in [0.717, 1.165) is 16.7 Å². The zero-order valence-corrected chi connectivity index (χ0v) is 10.2. The van der Waals surface area contributed by atoms with E-state index in [4.69, 9.17) is 10.8 Å². The minimum absolute atomic E-state index is 0.0338. The van der Waals surface area contributed by atoms with E-state index in [1.165, 1.54) is 0 Å². The van der Waals surface area contributed by atoms with Crippen LogP contribution >= 0.6 is 0 Å². The molecule has 0 saturated carbocycles. The monoisotopic (exact) mass is 223 g/mol. The predicted octanol–water partition coefficient (Wildman–Crippen LogP) is 2.21. The molecule has 0 bridgehead atoms. The minimum Gasteiger partial charge on any atom is -0.507 e. The smallest absolute Gasteiger partial charge is 0.123 e. The van der Waals surface area contributed by atoms with Crippen LogP contribution in [0.15, 0.2) is 12.1 Å². The van der Waals surface area contributed by atoms with Gasteiger partial charge in [0.1, 0.15) is 5.75 Å². The van der Waals surface area contributed by atoms with Crippen molar-refractivity contribution in [2.75, 3.05) is 6.61 Å². The Kier molecular flexibility index (Phi) is 4.33. The molecule has 4 N–H and O–H groups in total. The van der Waals surface area contributed by atoms with Crippen molar-refractivity contribution in [3.63, 3.8) is 0 Å². The van der Waals surface area contributed by atoms with Crippen molar-refractivity contribution >= 4 is 0 Å². The van der Waals surface area contributed by atoms with Crippen molar-refractivity contribution in [2.45, 2.75) is 39.2 Å². The largest absolute Gasteiger partial charge is 0.507 e. The van der Waals surface area contributed by atoms with Crippen LogP contribution in [0.1, 0.15) is 48.9 Å². The minimum atomic E-state index is -0.303. The van der Waals surface area contributed by atoms with Gasteiger partial charge in [-0.1, -0.05) is 26.0 Å². The molecule has 16 heavy (non-hydrogen) atoms. The van der Waals surface area contributed by atoms with Crippen molar-refractivity contribution in [1.29, 1.82) is 0 Å². The molecule has 0 aromatic heterocycles. The zero-order valence-electron chi connectivity index (χ0n) is 10.2. The Labute approximate surface area is 96.9 Å². The number of aliphatic hydroxyl groups excluding tert-OH is 1. The number of nitrogens with two attached hydrogens (primary N) is 1. The van der Waals surface area contributed by atoms with Gasteiger partial charge < -0.3 is 15.9 Å². The van der Waals surface area contributed by atoms with Crippen LogP contribution in [-0.4, -0.2) is 16.8 Å². The van der Waals surface area contributed by atoms with Crippen LogP contribution in [-0.2, 0) is 0 Å². The van der Waals surface area contributed by atoms with E-state index < -0.39 is 0 Å². The van der Waals surface area contributed by atoms with Crippen molar-refractivity contribution in [3.05, 3.63) is 28.8 Å². The quantitative estimate of drug-likeness (QED) is 0.733. The molecular weight excluding hydrogens is 202 g/mol. The molecule has 0 heterocycles. The third-order valence-corrected chi connectivity index (χ3v) is 2.89. The molecule has 1 aromatic rings. The van der Waals surface area contributed by atoms with Crippen molar-refractivity contribution in [2.24, 2.45) is 5.73 Å². The SMILES string of the molecule is Cc1ccc(C(C)C)c(C(N)CCO)c1O. The highest BCUT2D eigenvalue weighted by Gasteiger charge is 2.18. The van der Waals surface area contributed by atoms with E-state index >= 15 is 0 Å². The molecule has 0 amide bonds. The fourth-order valence-corrected chi connectivity index (χ4v) is 1.91. The van der Waals surface area contributed by atoms with Gasteiger partial charge in [-0.05, 0) is 30.4 Å². The Bertz CT molecular complexity index is 361. The van der Waals surface area contributed by atoms with Gasteiger partial charge in [0.25, 0.3) is 0 Å². The second-order valence-corrected chi connectivity index (χ2v) is 4.51. The third-order valence-electron chi connectivity index (χ3n) is 2.89. The summed E-state index contributed by atoms with van der Waals surface area (Å²) < 4.78 is 0. The summed E-state index contributed by atoms with van der Waals surface area (Å²) in [6.07, 6.45) is 0.469. The molecule has 1 unspecified atom stereocenters. The molecule has 0 radical (unpaired) electrons. The number of hydrogen-bond donors (Lipinski definition) is 3. The molecule has 0 spiro atoms. The summed E-state index contributed by atoms with van der Waals surface area (Å²) in [4.78, 5) is 0. The van der Waals surface area contributed by atoms with Crippen LogP contribution in [0.3, 0.4) is 0 Å². The number of phenols is 1. The van der Waals surface area contributed by atoms with Gasteiger partial charge in [-0.3, -0.25) is 0 Å². The van der Waals surface area contributed by atoms with Crippen molar-refractivity contribution < 1.29 is 10.2 Å². The van der Waals surface area contributed by atoms with Crippen LogP contribution in [0.5, 0.6) is 5.75 Å². The van der Waals surface area contributed by atoms with Crippen LogP contribution in [0.25, 0.3) is 0 Å². The summed E-state index contributed by atoms with van der Waals surface area (Å²) in [6, 6.07) is 3.61. The molecule has 0 saturated heterocycles. The number of benzene rings is 1. The van der Waals surface area contributed by atoms with Gasteiger partial charge >= 0.3 is 0 Å². The Morgan fingerprint density at radius 3 is 2.44 bits per heavy atom. The molecule has 0 fully saturated rings. The highest BCUT2D eigenvalue weighted by atomic mass is 16.3. The lowest BCUT2D eigenvalue weighted by Crippen LogP contribution is -2.15. The Morgan fingerprint density at radius 2 is 1.94 bits per heavy atom. The van der Waals surface area contributed by atoms with Gasteiger partial charge in [-0.15, -0.1) is 0 Å². The average molecular weight is 223 g/mol. The highest BCUT2D eigenvalue weighted by Crippen LogP contribution is 2.34. The Balaban J connectivity index is 3.25. The summed E-state index contributed by atoms with van der Waals surface area (Å²) in [5.74, 6) is 0.582. The van der Waals surface area contributed by atoms with E-state index in [1.807, 2.05) is 19.1 Å². The molecule has 0 aliphatic carbocycles. The van der Waals surface area contributed by atoms with Crippen LogP contribution in [0.4, 0.5) is 0 Å².